The van der Waals surface area contributed by atoms with Gasteiger partial charge in [0.05, 0.1) is 8.07 Å². The molecule has 0 aliphatic heterocycles. The van der Waals surface area contributed by atoms with E-state index in [-0.39, 0.29) is 0 Å². The van der Waals surface area contributed by atoms with E-state index in [0.29, 0.717) is 0 Å². The fraction of sp³-hybridized carbons (Fsp3) is 0.294. The summed E-state index contributed by atoms with van der Waals surface area (Å²) >= 11 is 6.87. The summed E-state index contributed by atoms with van der Waals surface area (Å²) < 4.78 is 0. The fourth-order valence-corrected chi connectivity index (χ4v) is 6.50. The summed E-state index contributed by atoms with van der Waals surface area (Å²) in [5, 5.41) is 2.83. The van der Waals surface area contributed by atoms with Gasteiger partial charge in [0.25, 0.3) is 0 Å². The first-order valence-electron chi connectivity index (χ1n) is 7.13. The van der Waals surface area contributed by atoms with E-state index in [9.17, 15) is 0 Å². The van der Waals surface area contributed by atoms with Crippen LogP contribution in [0.5, 0.6) is 0 Å². The van der Waals surface area contributed by atoms with E-state index in [4.69, 9.17) is 11.1 Å². The molecule has 0 fully saturated rings. The third-order valence-electron chi connectivity index (χ3n) is 3.73. The first-order chi connectivity index (χ1) is 9.29. The monoisotopic (exact) mass is 318 g/mol. The first-order valence-corrected chi connectivity index (χ1v) is 14.3. The quantitative estimate of drug-likeness (QED) is 0.589. The molecule has 0 radical (unpaired) electrons. The van der Waals surface area contributed by atoms with Gasteiger partial charge in [0.2, 0.25) is 0 Å². The number of benzene rings is 2. The maximum absolute atomic E-state index is 6.87. The molecule has 2 rings (SSSR count). The van der Waals surface area contributed by atoms with Crippen molar-refractivity contribution >= 4 is 36.9 Å². The van der Waals surface area contributed by atoms with E-state index < -0.39 is 15.5 Å². The van der Waals surface area contributed by atoms with Gasteiger partial charge >= 0.3 is 0 Å². The van der Waals surface area contributed by atoms with E-state index in [1.54, 1.807) is 0 Å². The lowest BCUT2D eigenvalue weighted by atomic mass is 10.2. The number of rotatable bonds is 4. The zero-order valence-electron chi connectivity index (χ0n) is 12.8. The minimum Gasteiger partial charge on any atom is -0.161 e. The van der Waals surface area contributed by atoms with E-state index in [1.165, 1.54) is 15.9 Å². The average molecular weight is 319 g/mol. The van der Waals surface area contributed by atoms with Crippen molar-refractivity contribution in [2.24, 2.45) is 0 Å². The van der Waals surface area contributed by atoms with Gasteiger partial charge in [-0.1, -0.05) is 86.0 Å². The molecular weight excluding hydrogens is 296 g/mol. The maximum Gasteiger partial charge on any atom is 0.188 e. The number of halogens is 1. The first kappa shape index (κ1) is 15.6. The van der Waals surface area contributed by atoms with Crippen molar-refractivity contribution in [3.05, 3.63) is 60.2 Å². The summed E-state index contributed by atoms with van der Waals surface area (Å²) in [5.41, 5.74) is 1.36. The van der Waals surface area contributed by atoms with Gasteiger partial charge in [0, 0.05) is 0 Å². The highest BCUT2D eigenvalue weighted by Crippen LogP contribution is 2.16. The summed E-state index contributed by atoms with van der Waals surface area (Å²) in [6.45, 7) is 9.38. The van der Waals surface area contributed by atoms with Crippen LogP contribution in [0.3, 0.4) is 0 Å². The Morgan fingerprint density at radius 2 is 1.30 bits per heavy atom. The molecule has 0 amide bonds. The molecule has 2 aromatic carbocycles. The summed E-state index contributed by atoms with van der Waals surface area (Å²) in [6.07, 6.45) is 0. The van der Waals surface area contributed by atoms with Gasteiger partial charge in [-0.05, 0) is 16.8 Å². The highest BCUT2D eigenvalue weighted by Gasteiger charge is 2.27. The van der Waals surface area contributed by atoms with Crippen LogP contribution < -0.4 is 10.4 Å². The van der Waals surface area contributed by atoms with Gasteiger partial charge in [-0.3, -0.25) is 0 Å². The molecule has 0 heterocycles. The smallest absolute Gasteiger partial charge is 0.161 e. The van der Waals surface area contributed by atoms with Gasteiger partial charge < -0.3 is 0 Å². The predicted molar refractivity (Wildman–Crippen MR) is 96.7 cm³/mol. The Morgan fingerprint density at radius 1 is 0.750 bits per heavy atom. The van der Waals surface area contributed by atoms with Crippen LogP contribution in [-0.2, 0) is 6.04 Å². The topological polar surface area (TPSA) is 0 Å². The summed E-state index contributed by atoms with van der Waals surface area (Å²) in [6, 6.07) is 20.7. The molecule has 0 saturated carbocycles. The summed E-state index contributed by atoms with van der Waals surface area (Å²) in [5.74, 6) is 0. The molecule has 0 spiro atoms. The lowest BCUT2D eigenvalue weighted by Crippen LogP contribution is -2.42. The minimum absolute atomic E-state index is 0.991. The Hall–Kier alpha value is -0.836. The summed E-state index contributed by atoms with van der Waals surface area (Å²) in [7, 11) is -3.10. The van der Waals surface area contributed by atoms with Crippen molar-refractivity contribution in [2.75, 3.05) is 0 Å². The summed E-state index contributed by atoms with van der Waals surface area (Å²) in [4.78, 5) is 0. The molecule has 0 bridgehead atoms. The molecular formula is C17H23ClSi2. The van der Waals surface area contributed by atoms with E-state index in [0.717, 1.165) is 6.04 Å². The van der Waals surface area contributed by atoms with Crippen molar-refractivity contribution in [3.8, 4) is 0 Å². The van der Waals surface area contributed by atoms with Crippen molar-refractivity contribution in [3.63, 3.8) is 0 Å². The van der Waals surface area contributed by atoms with Crippen LogP contribution in [0.2, 0.25) is 26.2 Å². The molecule has 0 aliphatic carbocycles. The zero-order chi connectivity index (χ0) is 14.8. The Kier molecular flexibility index (Phi) is 4.57. The third-order valence-corrected chi connectivity index (χ3v) is 9.46. The van der Waals surface area contributed by atoms with Crippen LogP contribution in [-0.4, -0.2) is 15.5 Å². The lowest BCUT2D eigenvalue weighted by Gasteiger charge is -2.21. The molecule has 1 atom stereocenters. The molecule has 0 saturated heterocycles. The van der Waals surface area contributed by atoms with Crippen LogP contribution in [0.15, 0.2) is 54.6 Å². The molecule has 106 valence electrons. The van der Waals surface area contributed by atoms with Gasteiger partial charge in [-0.2, -0.15) is 11.1 Å². The third kappa shape index (κ3) is 3.84. The molecule has 3 heteroatoms. The Bertz CT molecular complexity index is 554. The van der Waals surface area contributed by atoms with Crippen molar-refractivity contribution in [1.29, 1.82) is 0 Å². The molecule has 0 aliphatic rings. The Balaban J connectivity index is 2.18. The van der Waals surface area contributed by atoms with Crippen LogP contribution >= 0.6 is 11.1 Å². The highest BCUT2D eigenvalue weighted by atomic mass is 35.6. The van der Waals surface area contributed by atoms with Crippen LogP contribution in [0, 0.1) is 0 Å². The van der Waals surface area contributed by atoms with Crippen molar-refractivity contribution in [2.45, 2.75) is 32.2 Å². The largest absolute Gasteiger partial charge is 0.188 e. The van der Waals surface area contributed by atoms with E-state index in [1.807, 2.05) is 6.07 Å². The second-order valence-electron chi connectivity index (χ2n) is 6.69. The molecule has 0 aromatic heterocycles. The number of hydrogen-bond donors (Lipinski definition) is 0. The molecule has 2 aromatic rings. The predicted octanol–water partition coefficient (Wildman–Crippen LogP) is 4.03. The minimum atomic E-state index is -1.90. The van der Waals surface area contributed by atoms with Crippen LogP contribution in [0.1, 0.15) is 5.56 Å². The van der Waals surface area contributed by atoms with Gasteiger partial charge in [-0.15, -0.1) is 0 Å². The normalized spacial score (nSPS) is 14.8. The lowest BCUT2D eigenvalue weighted by molar-refractivity contribution is 1.36. The van der Waals surface area contributed by atoms with E-state index in [2.05, 4.69) is 74.7 Å². The van der Waals surface area contributed by atoms with Crippen LogP contribution in [0.4, 0.5) is 0 Å². The van der Waals surface area contributed by atoms with Crippen molar-refractivity contribution in [1.82, 2.24) is 0 Å². The second kappa shape index (κ2) is 5.88. The molecule has 1 unspecified atom stereocenters. The van der Waals surface area contributed by atoms with Gasteiger partial charge in [-0.25, -0.2) is 0 Å². The standard InChI is InChI=1S/C17H23ClSi2/c1-19(2,3)16-12-10-15(11-13-16)14-20(4,18)17-8-6-5-7-9-17/h5-13H,14H2,1-4H3. The Labute approximate surface area is 129 Å². The Morgan fingerprint density at radius 3 is 1.80 bits per heavy atom. The highest BCUT2D eigenvalue weighted by molar-refractivity contribution is 7.26. The number of hydrogen-bond acceptors (Lipinski definition) is 0. The average Bonchev–Trinajstić information content (AvgIpc) is 2.39. The van der Waals surface area contributed by atoms with Crippen LogP contribution in [0.25, 0.3) is 0 Å². The molecule has 20 heavy (non-hydrogen) atoms. The van der Waals surface area contributed by atoms with Gasteiger partial charge in [0.1, 0.15) is 0 Å². The molecule has 0 nitrogen and oxygen atoms in total. The fourth-order valence-electron chi connectivity index (χ4n) is 2.39. The zero-order valence-corrected chi connectivity index (χ0v) is 15.5. The van der Waals surface area contributed by atoms with Gasteiger partial charge in [0.15, 0.2) is 7.38 Å². The molecule has 0 N–H and O–H groups in total. The maximum atomic E-state index is 6.87. The second-order valence-corrected chi connectivity index (χ2v) is 17.6. The SMILES string of the molecule is C[Si](C)(C)c1ccc(C[Si](C)(Cl)c2ccccc2)cc1. The van der Waals surface area contributed by atoms with E-state index >= 15 is 0 Å². The van der Waals surface area contributed by atoms with Crippen molar-refractivity contribution < 1.29 is 0 Å².